The van der Waals surface area contributed by atoms with Crippen LogP contribution in [0.4, 0.5) is 11.4 Å². The first kappa shape index (κ1) is 18.9. The first-order valence-electron chi connectivity index (χ1n) is 9.07. The normalized spacial score (nSPS) is 17.9. The van der Waals surface area contributed by atoms with Crippen molar-refractivity contribution in [1.82, 2.24) is 0 Å². The van der Waals surface area contributed by atoms with Crippen LogP contribution < -0.4 is 15.4 Å². The fraction of sp³-hybridized carbons (Fsp3) is 0.200. The Labute approximate surface area is 180 Å². The molecule has 1 spiro atoms. The monoisotopic (exact) mass is 445 g/mol. The molecule has 1 aliphatic carbocycles. The number of anilines is 2. The predicted molar refractivity (Wildman–Crippen MR) is 109 cm³/mol. The van der Waals surface area contributed by atoms with Crippen LogP contribution in [-0.4, -0.2) is 23.5 Å². The molecule has 0 saturated heterocycles. The van der Waals surface area contributed by atoms with E-state index < -0.39 is 17.3 Å². The summed E-state index contributed by atoms with van der Waals surface area (Å²) < 4.78 is 5.89. The van der Waals surface area contributed by atoms with E-state index in [2.05, 4.69) is 20.6 Å². The maximum atomic E-state index is 12.2. The van der Waals surface area contributed by atoms with Crippen molar-refractivity contribution in [2.75, 3.05) is 10.6 Å². The number of hydrogen-bond acceptors (Lipinski definition) is 6. The molecular formula is C20H13Cl2N3O5. The summed E-state index contributed by atoms with van der Waals surface area (Å²) in [5.41, 5.74) is 1.53. The van der Waals surface area contributed by atoms with E-state index in [9.17, 15) is 14.4 Å². The maximum Gasteiger partial charge on any atom is 0.341 e. The van der Waals surface area contributed by atoms with Gasteiger partial charge in [0.2, 0.25) is 5.91 Å². The van der Waals surface area contributed by atoms with E-state index in [0.717, 1.165) is 24.1 Å². The van der Waals surface area contributed by atoms with Gasteiger partial charge in [0.15, 0.2) is 11.5 Å². The number of amides is 2. The van der Waals surface area contributed by atoms with Crippen molar-refractivity contribution in [3.8, 4) is 11.5 Å². The minimum Gasteiger partial charge on any atom is -0.454 e. The van der Waals surface area contributed by atoms with Gasteiger partial charge in [-0.2, -0.15) is 0 Å². The molecule has 0 atom stereocenters. The molecule has 2 aromatic rings. The lowest BCUT2D eigenvalue weighted by Crippen LogP contribution is -2.22. The molecule has 1 fully saturated rings. The van der Waals surface area contributed by atoms with Crippen molar-refractivity contribution in [3.05, 3.63) is 45.9 Å². The largest absolute Gasteiger partial charge is 0.454 e. The molecule has 0 aromatic heterocycles. The summed E-state index contributed by atoms with van der Waals surface area (Å²) in [7, 11) is 0. The van der Waals surface area contributed by atoms with Crippen molar-refractivity contribution in [1.29, 1.82) is 0 Å². The van der Waals surface area contributed by atoms with Crippen LogP contribution in [0.3, 0.4) is 0 Å². The Morgan fingerprint density at radius 1 is 1.17 bits per heavy atom. The molecule has 5 rings (SSSR count). The minimum atomic E-state index is -0.598. The Hall–Kier alpha value is -3.10. The number of ether oxygens (including phenoxy) is 1. The zero-order valence-corrected chi connectivity index (χ0v) is 16.8. The topological polar surface area (TPSA) is 106 Å². The summed E-state index contributed by atoms with van der Waals surface area (Å²) in [5.74, 6) is -0.459. The number of oxime groups is 1. The molecule has 2 aliphatic heterocycles. The number of rotatable bonds is 4. The second-order valence-electron chi connectivity index (χ2n) is 7.25. The third-order valence-electron chi connectivity index (χ3n) is 5.25. The lowest BCUT2D eigenvalue weighted by molar-refractivity contribution is -0.140. The Bertz CT molecular complexity index is 1150. The first-order chi connectivity index (χ1) is 14.4. The quantitative estimate of drug-likeness (QED) is 0.691. The molecule has 152 valence electrons. The highest BCUT2D eigenvalue weighted by atomic mass is 35.5. The van der Waals surface area contributed by atoms with Crippen molar-refractivity contribution in [2.24, 2.45) is 5.16 Å². The Kier molecular flexibility index (Phi) is 4.23. The number of benzene rings is 2. The average Bonchev–Trinajstić information content (AvgIpc) is 3.32. The van der Waals surface area contributed by atoms with E-state index >= 15 is 0 Å². The van der Waals surface area contributed by atoms with Crippen LogP contribution in [0.25, 0.3) is 0 Å². The van der Waals surface area contributed by atoms with Gasteiger partial charge in [0.05, 0.1) is 21.9 Å². The molecule has 30 heavy (non-hydrogen) atoms. The van der Waals surface area contributed by atoms with Crippen LogP contribution in [0.15, 0.2) is 35.5 Å². The summed E-state index contributed by atoms with van der Waals surface area (Å²) >= 11 is 12.6. The van der Waals surface area contributed by atoms with Crippen LogP contribution in [-0.2, 0) is 24.6 Å². The van der Waals surface area contributed by atoms with Gasteiger partial charge in [-0.05, 0) is 48.7 Å². The van der Waals surface area contributed by atoms with E-state index in [1.54, 1.807) is 12.1 Å². The smallest absolute Gasteiger partial charge is 0.341 e. The van der Waals surface area contributed by atoms with Gasteiger partial charge in [0.1, 0.15) is 5.75 Å². The summed E-state index contributed by atoms with van der Waals surface area (Å²) in [6.45, 7) is 0. The van der Waals surface area contributed by atoms with Crippen molar-refractivity contribution < 1.29 is 24.0 Å². The van der Waals surface area contributed by atoms with Crippen LogP contribution >= 0.6 is 23.2 Å². The fourth-order valence-corrected chi connectivity index (χ4v) is 4.12. The minimum absolute atomic E-state index is 0.0183. The maximum absolute atomic E-state index is 12.2. The zero-order chi connectivity index (χ0) is 21.0. The second kappa shape index (κ2) is 6.72. The zero-order valence-electron chi connectivity index (χ0n) is 15.3. The summed E-state index contributed by atoms with van der Waals surface area (Å²) in [6, 6.07) is 8.27. The van der Waals surface area contributed by atoms with Gasteiger partial charge >= 0.3 is 5.97 Å². The molecule has 0 bridgehead atoms. The van der Waals surface area contributed by atoms with Crippen LogP contribution in [0.5, 0.6) is 11.5 Å². The van der Waals surface area contributed by atoms with Gasteiger partial charge in [0, 0.05) is 11.4 Å². The highest BCUT2D eigenvalue weighted by Gasteiger charge is 2.56. The van der Waals surface area contributed by atoms with Gasteiger partial charge in [0.25, 0.3) is 5.91 Å². The summed E-state index contributed by atoms with van der Waals surface area (Å²) in [6.07, 6.45) is 1.42. The number of hydrogen-bond donors (Lipinski definition) is 2. The standard InChI is InChI=1S/C20H13Cl2N3O5/c21-12-5-9(23-18(27)15-8-16(26)30-25-15)6-13(22)17(12)29-10-1-2-14-11(7-10)20(3-4-20)19(28)24-14/h1-2,5-7H,3-4,8H2,(H,23,27)(H,24,28). The second-order valence-corrected chi connectivity index (χ2v) is 8.06. The molecule has 2 amide bonds. The number of halogens is 2. The summed E-state index contributed by atoms with van der Waals surface area (Å²) in [5, 5.41) is 9.22. The van der Waals surface area contributed by atoms with E-state index in [1.807, 2.05) is 6.07 Å². The SMILES string of the molecule is O=C1CC(C(=O)Nc2cc(Cl)c(Oc3ccc4c(c3)C3(CC3)C(=O)N4)c(Cl)c2)=NO1. The Morgan fingerprint density at radius 2 is 1.90 bits per heavy atom. The van der Waals surface area contributed by atoms with Gasteiger partial charge in [-0.15, -0.1) is 0 Å². The third-order valence-corrected chi connectivity index (χ3v) is 5.81. The molecule has 1 saturated carbocycles. The van der Waals surface area contributed by atoms with Crippen LogP contribution in [0.2, 0.25) is 10.0 Å². The lowest BCUT2D eigenvalue weighted by Gasteiger charge is -2.13. The molecule has 10 heteroatoms. The van der Waals surface area contributed by atoms with E-state index in [-0.39, 0.29) is 33.8 Å². The van der Waals surface area contributed by atoms with Crippen molar-refractivity contribution >= 4 is 58.1 Å². The molecule has 8 nitrogen and oxygen atoms in total. The van der Waals surface area contributed by atoms with E-state index in [1.165, 1.54) is 12.1 Å². The molecule has 0 radical (unpaired) electrons. The highest BCUT2D eigenvalue weighted by molar-refractivity contribution is 6.46. The third kappa shape index (κ3) is 3.09. The molecular weight excluding hydrogens is 433 g/mol. The van der Waals surface area contributed by atoms with E-state index in [0.29, 0.717) is 11.4 Å². The lowest BCUT2D eigenvalue weighted by atomic mass is 9.98. The number of carbonyl (C=O) groups is 3. The highest BCUT2D eigenvalue weighted by Crippen LogP contribution is 2.56. The van der Waals surface area contributed by atoms with Crippen molar-refractivity contribution in [3.63, 3.8) is 0 Å². The van der Waals surface area contributed by atoms with E-state index in [4.69, 9.17) is 27.9 Å². The van der Waals surface area contributed by atoms with Crippen molar-refractivity contribution in [2.45, 2.75) is 24.7 Å². The van der Waals surface area contributed by atoms with Gasteiger partial charge in [-0.1, -0.05) is 28.4 Å². The molecule has 0 unspecified atom stereocenters. The molecule has 2 heterocycles. The average molecular weight is 446 g/mol. The Morgan fingerprint density at radius 3 is 2.53 bits per heavy atom. The number of fused-ring (bicyclic) bond motifs is 2. The van der Waals surface area contributed by atoms with Gasteiger partial charge < -0.3 is 20.2 Å². The molecule has 2 aromatic carbocycles. The number of nitrogens with zero attached hydrogens (tertiary/aromatic N) is 1. The van der Waals surface area contributed by atoms with Crippen LogP contribution in [0, 0.1) is 0 Å². The number of carbonyl (C=O) groups excluding carboxylic acids is 3. The Balaban J connectivity index is 1.36. The molecule has 2 N–H and O–H groups in total. The van der Waals surface area contributed by atoms with Gasteiger partial charge in [-0.3, -0.25) is 9.59 Å². The fourth-order valence-electron chi connectivity index (χ4n) is 3.56. The molecule has 3 aliphatic rings. The predicted octanol–water partition coefficient (Wildman–Crippen LogP) is 4.01. The van der Waals surface area contributed by atoms with Gasteiger partial charge in [-0.25, -0.2) is 4.79 Å². The first-order valence-corrected chi connectivity index (χ1v) is 9.82. The number of nitrogens with one attached hydrogen (secondary N) is 2. The summed E-state index contributed by atoms with van der Waals surface area (Å²) in [4.78, 5) is 39.8. The van der Waals surface area contributed by atoms with Crippen LogP contribution in [0.1, 0.15) is 24.8 Å².